The molecule has 0 unspecified atom stereocenters. The summed E-state index contributed by atoms with van der Waals surface area (Å²) in [5, 5.41) is 3.28. The van der Waals surface area contributed by atoms with Gasteiger partial charge in [-0.15, -0.1) is 0 Å². The molecule has 0 aromatic heterocycles. The first kappa shape index (κ1) is 17.5. The summed E-state index contributed by atoms with van der Waals surface area (Å²) in [5.41, 5.74) is 1.92. The number of unbranched alkanes of at least 4 members (excludes halogenated alkanes) is 1. The average molecular weight is 332 g/mol. The average Bonchev–Trinajstić information content (AvgIpc) is 2.56. The Morgan fingerprint density at radius 1 is 1.00 bits per heavy atom. The van der Waals surface area contributed by atoms with Crippen molar-refractivity contribution in [1.29, 1.82) is 0 Å². The van der Waals surface area contributed by atoms with E-state index in [0.717, 1.165) is 30.6 Å². The fourth-order valence-electron chi connectivity index (χ4n) is 2.26. The lowest BCUT2D eigenvalue weighted by atomic mass is 10.2. The normalized spacial score (nSPS) is 11.6. The van der Waals surface area contributed by atoms with Crippen molar-refractivity contribution in [3.63, 3.8) is 0 Å². The molecule has 124 valence electrons. The molecular formula is C18H24N2O2S. The van der Waals surface area contributed by atoms with Crippen LogP contribution in [0, 0.1) is 0 Å². The maximum atomic E-state index is 12.6. The van der Waals surface area contributed by atoms with Crippen LogP contribution in [0.4, 0.5) is 5.69 Å². The molecule has 0 aliphatic heterocycles. The molecule has 4 nitrogen and oxygen atoms in total. The topological polar surface area (TPSA) is 49.4 Å². The summed E-state index contributed by atoms with van der Waals surface area (Å²) in [4.78, 5) is 0.317. The Kier molecular flexibility index (Phi) is 6.19. The van der Waals surface area contributed by atoms with Gasteiger partial charge in [0.15, 0.2) is 0 Å². The van der Waals surface area contributed by atoms with Crippen molar-refractivity contribution in [2.75, 3.05) is 18.9 Å². The second kappa shape index (κ2) is 8.13. The van der Waals surface area contributed by atoms with E-state index in [0.29, 0.717) is 11.4 Å². The van der Waals surface area contributed by atoms with Crippen molar-refractivity contribution < 1.29 is 8.42 Å². The molecule has 0 bridgehead atoms. The molecule has 2 aromatic carbocycles. The van der Waals surface area contributed by atoms with E-state index in [9.17, 15) is 8.42 Å². The second-order valence-corrected chi connectivity index (χ2v) is 7.60. The summed E-state index contributed by atoms with van der Waals surface area (Å²) >= 11 is 0. The first-order valence-corrected chi connectivity index (χ1v) is 9.32. The van der Waals surface area contributed by atoms with Gasteiger partial charge in [0.05, 0.1) is 4.90 Å². The van der Waals surface area contributed by atoms with Gasteiger partial charge in [-0.1, -0.05) is 43.7 Å². The van der Waals surface area contributed by atoms with E-state index in [-0.39, 0.29) is 0 Å². The molecule has 2 aromatic rings. The van der Waals surface area contributed by atoms with E-state index < -0.39 is 10.0 Å². The number of hydrogen-bond acceptors (Lipinski definition) is 3. The molecule has 0 aliphatic carbocycles. The molecule has 0 amide bonds. The number of benzene rings is 2. The Labute approximate surface area is 139 Å². The minimum absolute atomic E-state index is 0.317. The van der Waals surface area contributed by atoms with Gasteiger partial charge in [0, 0.05) is 25.8 Å². The van der Waals surface area contributed by atoms with Crippen molar-refractivity contribution in [2.45, 2.75) is 31.2 Å². The lowest BCUT2D eigenvalue weighted by molar-refractivity contribution is 0.467. The maximum Gasteiger partial charge on any atom is 0.243 e. The Bertz CT molecular complexity index is 698. The summed E-state index contributed by atoms with van der Waals surface area (Å²) in [5.74, 6) is 0. The van der Waals surface area contributed by atoms with Gasteiger partial charge < -0.3 is 5.32 Å². The predicted octanol–water partition coefficient (Wildman–Crippen LogP) is 3.72. The van der Waals surface area contributed by atoms with Crippen molar-refractivity contribution in [1.82, 2.24) is 4.31 Å². The number of rotatable bonds is 8. The van der Waals surface area contributed by atoms with Crippen LogP contribution in [0.5, 0.6) is 0 Å². The number of nitrogens with one attached hydrogen (secondary N) is 1. The van der Waals surface area contributed by atoms with Gasteiger partial charge in [-0.05, 0) is 36.2 Å². The Hall–Kier alpha value is -1.85. The van der Waals surface area contributed by atoms with Crippen LogP contribution in [-0.2, 0) is 16.6 Å². The zero-order valence-corrected chi connectivity index (χ0v) is 14.5. The number of nitrogens with zero attached hydrogens (tertiary/aromatic N) is 1. The first-order valence-electron chi connectivity index (χ1n) is 7.88. The lowest BCUT2D eigenvalue weighted by Crippen LogP contribution is -2.26. The van der Waals surface area contributed by atoms with Gasteiger partial charge in [0.2, 0.25) is 10.0 Å². The largest absolute Gasteiger partial charge is 0.385 e. The summed E-state index contributed by atoms with van der Waals surface area (Å²) < 4.78 is 26.6. The Balaban J connectivity index is 2.06. The van der Waals surface area contributed by atoms with Crippen molar-refractivity contribution >= 4 is 15.7 Å². The highest BCUT2D eigenvalue weighted by atomic mass is 32.2. The Morgan fingerprint density at radius 3 is 2.26 bits per heavy atom. The first-order chi connectivity index (χ1) is 11.0. The van der Waals surface area contributed by atoms with E-state index in [1.165, 1.54) is 4.31 Å². The van der Waals surface area contributed by atoms with Crippen LogP contribution in [0.2, 0.25) is 0 Å². The quantitative estimate of drug-likeness (QED) is 0.750. The molecule has 0 atom stereocenters. The molecule has 0 saturated heterocycles. The van der Waals surface area contributed by atoms with Gasteiger partial charge in [0.1, 0.15) is 0 Å². The van der Waals surface area contributed by atoms with Crippen molar-refractivity contribution in [2.24, 2.45) is 0 Å². The van der Waals surface area contributed by atoms with Gasteiger partial charge in [-0.3, -0.25) is 0 Å². The van der Waals surface area contributed by atoms with Gasteiger partial charge in [0.25, 0.3) is 0 Å². The number of sulfonamides is 1. The predicted molar refractivity (Wildman–Crippen MR) is 94.9 cm³/mol. The van der Waals surface area contributed by atoms with Gasteiger partial charge in [-0.25, -0.2) is 8.42 Å². The monoisotopic (exact) mass is 332 g/mol. The highest BCUT2D eigenvalue weighted by molar-refractivity contribution is 7.89. The van der Waals surface area contributed by atoms with E-state index >= 15 is 0 Å². The van der Waals surface area contributed by atoms with Crippen LogP contribution in [-0.4, -0.2) is 26.3 Å². The van der Waals surface area contributed by atoms with E-state index in [2.05, 4.69) is 12.2 Å². The molecule has 0 saturated carbocycles. The van der Waals surface area contributed by atoms with Crippen LogP contribution >= 0.6 is 0 Å². The third-order valence-electron chi connectivity index (χ3n) is 3.67. The van der Waals surface area contributed by atoms with E-state index in [1.807, 2.05) is 42.5 Å². The minimum Gasteiger partial charge on any atom is -0.385 e. The molecule has 23 heavy (non-hydrogen) atoms. The number of anilines is 1. The standard InChI is InChI=1S/C18H24N2O2S/c1-3-4-14-19-17-10-12-18(13-11-17)23(21,22)20(2)15-16-8-6-5-7-9-16/h5-13,19H,3-4,14-15H2,1-2H3. The fraction of sp³-hybridized carbons (Fsp3) is 0.333. The van der Waals surface area contributed by atoms with Crippen molar-refractivity contribution in [3.05, 3.63) is 60.2 Å². The van der Waals surface area contributed by atoms with E-state index in [1.54, 1.807) is 19.2 Å². The lowest BCUT2D eigenvalue weighted by Gasteiger charge is -2.17. The van der Waals surface area contributed by atoms with Crippen LogP contribution in [0.15, 0.2) is 59.5 Å². The fourth-order valence-corrected chi connectivity index (χ4v) is 3.42. The third kappa shape index (κ3) is 4.81. The van der Waals surface area contributed by atoms with Crippen LogP contribution < -0.4 is 5.32 Å². The van der Waals surface area contributed by atoms with Gasteiger partial charge >= 0.3 is 0 Å². The third-order valence-corrected chi connectivity index (χ3v) is 5.49. The molecule has 0 radical (unpaired) electrons. The molecule has 0 fully saturated rings. The zero-order valence-electron chi connectivity index (χ0n) is 13.7. The summed E-state index contributed by atoms with van der Waals surface area (Å²) in [6.45, 7) is 3.40. The molecule has 0 aliphatic rings. The smallest absolute Gasteiger partial charge is 0.243 e. The molecule has 2 rings (SSSR count). The molecular weight excluding hydrogens is 308 g/mol. The second-order valence-electron chi connectivity index (χ2n) is 5.55. The highest BCUT2D eigenvalue weighted by Crippen LogP contribution is 2.19. The van der Waals surface area contributed by atoms with Crippen LogP contribution in [0.25, 0.3) is 0 Å². The molecule has 5 heteroatoms. The minimum atomic E-state index is -3.47. The zero-order chi connectivity index (χ0) is 16.7. The Morgan fingerprint density at radius 2 is 1.65 bits per heavy atom. The summed E-state index contributed by atoms with van der Waals surface area (Å²) in [6, 6.07) is 16.5. The molecule has 0 heterocycles. The van der Waals surface area contributed by atoms with E-state index in [4.69, 9.17) is 0 Å². The highest BCUT2D eigenvalue weighted by Gasteiger charge is 2.20. The van der Waals surface area contributed by atoms with Crippen LogP contribution in [0.1, 0.15) is 25.3 Å². The van der Waals surface area contributed by atoms with Gasteiger partial charge in [-0.2, -0.15) is 4.31 Å². The number of hydrogen-bond donors (Lipinski definition) is 1. The van der Waals surface area contributed by atoms with Crippen molar-refractivity contribution in [3.8, 4) is 0 Å². The SMILES string of the molecule is CCCCNc1ccc(S(=O)(=O)N(C)Cc2ccccc2)cc1. The van der Waals surface area contributed by atoms with Crippen LogP contribution in [0.3, 0.4) is 0 Å². The molecule has 1 N–H and O–H groups in total. The summed E-state index contributed by atoms with van der Waals surface area (Å²) in [6.07, 6.45) is 2.23. The summed E-state index contributed by atoms with van der Waals surface area (Å²) in [7, 11) is -1.87. The maximum absolute atomic E-state index is 12.6. The molecule has 0 spiro atoms.